The van der Waals surface area contributed by atoms with Crippen molar-refractivity contribution in [3.8, 4) is 0 Å². The number of carbonyl (C=O) groups is 1. The van der Waals surface area contributed by atoms with Crippen LogP contribution < -0.4 is 5.73 Å². The number of allylic oxidation sites excluding steroid dienone is 4. The number of rotatable bonds is 34. The molecule has 0 radical (unpaired) electrons. The van der Waals surface area contributed by atoms with Gasteiger partial charge in [-0.1, -0.05) is 134 Å². The zero-order valence-corrected chi connectivity index (χ0v) is 29.3. The van der Waals surface area contributed by atoms with Crippen molar-refractivity contribution in [1.29, 1.82) is 0 Å². The third-order valence-electron chi connectivity index (χ3n) is 7.37. The molecular weight excluding hydrogens is 577 g/mol. The van der Waals surface area contributed by atoms with Crippen LogP contribution in [0.2, 0.25) is 0 Å². The standard InChI is InChI=1S/C35H68NO7P/c1-3-5-7-9-11-13-15-16-17-18-20-22-24-26-28-35(37)43-34(33-42-44(38,39)41-31-29-36)32-40-30-27-25-23-21-19-14-12-10-8-6-4-2/h9,11,15-16,34H,3-8,10,12-14,17-33,36H2,1-2H3,(H,38,39)/b11-9-,16-15-. The Kier molecular flexibility index (Phi) is 32.6. The predicted octanol–water partition coefficient (Wildman–Crippen LogP) is 9.74. The van der Waals surface area contributed by atoms with E-state index in [0.717, 1.165) is 57.8 Å². The summed E-state index contributed by atoms with van der Waals surface area (Å²) in [6.07, 6.45) is 33.2. The normalized spacial score (nSPS) is 14.0. The molecule has 3 N–H and O–H groups in total. The average Bonchev–Trinajstić information content (AvgIpc) is 3.01. The molecule has 44 heavy (non-hydrogen) atoms. The highest BCUT2D eigenvalue weighted by atomic mass is 31.2. The molecule has 0 amide bonds. The summed E-state index contributed by atoms with van der Waals surface area (Å²) >= 11 is 0. The summed E-state index contributed by atoms with van der Waals surface area (Å²) in [6.45, 7) is 4.85. The fourth-order valence-electron chi connectivity index (χ4n) is 4.72. The SMILES string of the molecule is CCCC/C=C\C/C=C\CCCCCCCC(=O)OC(COCCCCCCCCCCCCC)COP(=O)(O)OCCN. The summed E-state index contributed by atoms with van der Waals surface area (Å²) < 4.78 is 33.2. The lowest BCUT2D eigenvalue weighted by Crippen LogP contribution is -2.28. The number of esters is 1. The van der Waals surface area contributed by atoms with Gasteiger partial charge in [0.1, 0.15) is 6.10 Å². The highest BCUT2D eigenvalue weighted by Crippen LogP contribution is 2.43. The molecule has 0 fully saturated rings. The minimum absolute atomic E-state index is 0.0969. The largest absolute Gasteiger partial charge is 0.472 e. The summed E-state index contributed by atoms with van der Waals surface area (Å²) in [7, 11) is -4.27. The minimum atomic E-state index is -4.27. The molecule has 0 aromatic carbocycles. The number of carbonyl (C=O) groups excluding carboxylic acids is 1. The van der Waals surface area contributed by atoms with E-state index in [4.69, 9.17) is 24.3 Å². The minimum Gasteiger partial charge on any atom is -0.457 e. The van der Waals surface area contributed by atoms with Crippen LogP contribution in [0.4, 0.5) is 0 Å². The van der Waals surface area contributed by atoms with Gasteiger partial charge in [0.25, 0.3) is 0 Å². The lowest BCUT2D eigenvalue weighted by molar-refractivity contribution is -0.154. The van der Waals surface area contributed by atoms with Crippen molar-refractivity contribution in [3.63, 3.8) is 0 Å². The van der Waals surface area contributed by atoms with Crippen molar-refractivity contribution in [2.24, 2.45) is 5.73 Å². The maximum absolute atomic E-state index is 12.5. The van der Waals surface area contributed by atoms with E-state index in [2.05, 4.69) is 38.2 Å². The lowest BCUT2D eigenvalue weighted by atomic mass is 10.1. The molecule has 8 nitrogen and oxygen atoms in total. The van der Waals surface area contributed by atoms with Crippen molar-refractivity contribution < 1.29 is 32.8 Å². The first kappa shape index (κ1) is 43.0. The smallest absolute Gasteiger partial charge is 0.457 e. The van der Waals surface area contributed by atoms with E-state index in [-0.39, 0.29) is 32.3 Å². The molecule has 2 unspecified atom stereocenters. The molecule has 0 bridgehead atoms. The van der Waals surface area contributed by atoms with Crippen LogP contribution in [0.3, 0.4) is 0 Å². The fraction of sp³-hybridized carbons (Fsp3) is 0.857. The number of ether oxygens (including phenoxy) is 2. The van der Waals surface area contributed by atoms with Gasteiger partial charge in [0.15, 0.2) is 0 Å². The number of nitrogens with two attached hydrogens (primary N) is 1. The molecule has 0 aliphatic carbocycles. The molecule has 0 saturated heterocycles. The molecule has 0 rings (SSSR count). The number of phosphoric acid groups is 1. The molecule has 0 aliphatic heterocycles. The van der Waals surface area contributed by atoms with Gasteiger partial charge in [0.2, 0.25) is 0 Å². The second-order valence-corrected chi connectivity index (χ2v) is 13.2. The summed E-state index contributed by atoms with van der Waals surface area (Å²) in [5, 5.41) is 0. The molecule has 9 heteroatoms. The van der Waals surface area contributed by atoms with Crippen molar-refractivity contribution >= 4 is 13.8 Å². The van der Waals surface area contributed by atoms with Gasteiger partial charge in [-0.15, -0.1) is 0 Å². The van der Waals surface area contributed by atoms with E-state index >= 15 is 0 Å². The average molecular weight is 646 g/mol. The van der Waals surface area contributed by atoms with Gasteiger partial charge in [-0.3, -0.25) is 13.8 Å². The van der Waals surface area contributed by atoms with Gasteiger partial charge in [-0.25, -0.2) is 4.57 Å². The fourth-order valence-corrected chi connectivity index (χ4v) is 5.48. The van der Waals surface area contributed by atoms with Crippen molar-refractivity contribution in [2.45, 2.75) is 161 Å². The summed E-state index contributed by atoms with van der Waals surface area (Å²) in [5.41, 5.74) is 5.34. The second-order valence-electron chi connectivity index (χ2n) is 11.7. The van der Waals surface area contributed by atoms with Gasteiger partial charge in [0.05, 0.1) is 19.8 Å². The monoisotopic (exact) mass is 645 g/mol. The Morgan fingerprint density at radius 2 is 1.23 bits per heavy atom. The lowest BCUT2D eigenvalue weighted by Gasteiger charge is -2.20. The van der Waals surface area contributed by atoms with Crippen LogP contribution in [-0.4, -0.2) is 49.9 Å². The highest BCUT2D eigenvalue weighted by Gasteiger charge is 2.25. The van der Waals surface area contributed by atoms with Crippen LogP contribution in [-0.2, 0) is 27.9 Å². The van der Waals surface area contributed by atoms with E-state index in [9.17, 15) is 14.3 Å². The van der Waals surface area contributed by atoms with Crippen LogP contribution >= 0.6 is 7.82 Å². The molecule has 260 valence electrons. The third kappa shape index (κ3) is 32.4. The van der Waals surface area contributed by atoms with Crippen molar-refractivity contribution in [1.82, 2.24) is 0 Å². The van der Waals surface area contributed by atoms with E-state index in [1.807, 2.05) is 0 Å². The zero-order valence-electron chi connectivity index (χ0n) is 28.4. The van der Waals surface area contributed by atoms with Crippen LogP contribution in [0.5, 0.6) is 0 Å². The predicted molar refractivity (Wildman–Crippen MR) is 183 cm³/mol. The van der Waals surface area contributed by atoms with Gasteiger partial charge in [-0.05, 0) is 38.5 Å². The third-order valence-corrected chi connectivity index (χ3v) is 8.36. The Bertz CT molecular complexity index is 732. The highest BCUT2D eigenvalue weighted by molar-refractivity contribution is 7.47. The first-order chi connectivity index (χ1) is 21.4. The Morgan fingerprint density at radius 1 is 0.682 bits per heavy atom. The van der Waals surface area contributed by atoms with Crippen molar-refractivity contribution in [3.05, 3.63) is 24.3 Å². The first-order valence-electron chi connectivity index (χ1n) is 17.8. The zero-order chi connectivity index (χ0) is 32.4. The number of hydrogen-bond acceptors (Lipinski definition) is 7. The van der Waals surface area contributed by atoms with E-state index in [1.165, 1.54) is 77.0 Å². The Hall–Kier alpha value is -1.02. The Labute approximate surface area is 270 Å². The molecule has 0 aromatic heterocycles. The van der Waals surface area contributed by atoms with Crippen molar-refractivity contribution in [2.75, 3.05) is 33.0 Å². The van der Waals surface area contributed by atoms with Gasteiger partial charge >= 0.3 is 13.8 Å². The maximum Gasteiger partial charge on any atom is 0.472 e. The maximum atomic E-state index is 12.5. The van der Waals surface area contributed by atoms with Gasteiger partial charge in [-0.2, -0.15) is 0 Å². The van der Waals surface area contributed by atoms with Crippen LogP contribution in [0, 0.1) is 0 Å². The summed E-state index contributed by atoms with van der Waals surface area (Å²) in [4.78, 5) is 22.3. The molecular formula is C35H68NO7P. The summed E-state index contributed by atoms with van der Waals surface area (Å²) in [5.74, 6) is -0.345. The van der Waals surface area contributed by atoms with Crippen LogP contribution in [0.15, 0.2) is 24.3 Å². The quantitative estimate of drug-likeness (QED) is 0.0307. The molecule has 0 spiro atoms. The number of hydrogen-bond donors (Lipinski definition) is 2. The number of phosphoric ester groups is 1. The molecule has 0 heterocycles. The van der Waals surface area contributed by atoms with E-state index in [1.54, 1.807) is 0 Å². The first-order valence-corrected chi connectivity index (χ1v) is 19.3. The topological polar surface area (TPSA) is 117 Å². The Morgan fingerprint density at radius 3 is 1.84 bits per heavy atom. The summed E-state index contributed by atoms with van der Waals surface area (Å²) in [6, 6.07) is 0. The molecule has 2 atom stereocenters. The van der Waals surface area contributed by atoms with Gasteiger partial charge < -0.3 is 20.1 Å². The second kappa shape index (κ2) is 33.3. The van der Waals surface area contributed by atoms with Crippen LogP contribution in [0.1, 0.15) is 155 Å². The Balaban J connectivity index is 4.14. The molecule has 0 saturated carbocycles. The van der Waals surface area contributed by atoms with Crippen LogP contribution in [0.25, 0.3) is 0 Å². The molecule has 0 aromatic rings. The van der Waals surface area contributed by atoms with Gasteiger partial charge in [0, 0.05) is 19.6 Å². The van der Waals surface area contributed by atoms with E-state index < -0.39 is 13.9 Å². The number of unbranched alkanes of at least 4 members (excludes halogenated alkanes) is 17. The molecule has 0 aliphatic rings. The van der Waals surface area contributed by atoms with E-state index in [0.29, 0.717) is 13.0 Å².